The van der Waals surface area contributed by atoms with Gasteiger partial charge in [0.1, 0.15) is 6.04 Å². The second-order valence-corrected chi connectivity index (χ2v) is 6.12. The number of rotatable bonds is 5. The first-order chi connectivity index (χ1) is 9.26. The molecule has 0 spiro atoms. The highest BCUT2D eigenvalue weighted by atomic mass is 16.4. The second-order valence-electron chi connectivity index (χ2n) is 6.12. The lowest BCUT2D eigenvalue weighted by atomic mass is 9.84. The number of carboxylic acid groups (broad SMARTS) is 1. The molecular weight excluding hydrogens is 260 g/mol. The third-order valence-corrected chi connectivity index (χ3v) is 3.63. The molecule has 0 unspecified atom stereocenters. The van der Waals surface area contributed by atoms with Crippen molar-refractivity contribution in [3.05, 3.63) is 0 Å². The van der Waals surface area contributed by atoms with E-state index in [0.717, 1.165) is 12.8 Å². The molecule has 6 nitrogen and oxygen atoms in total. The standard InChI is InChI=1S/C14H24N2O4/c1-14(2,9-12(18)19)8-11(17)16-7-5-4-6-10(16)13(20)15-3/h10H,4-9H2,1-3H3,(H,15,20)(H,18,19)/t10-/m0/s1. The molecule has 1 heterocycles. The fourth-order valence-electron chi connectivity index (χ4n) is 2.65. The van der Waals surface area contributed by atoms with E-state index in [0.29, 0.717) is 13.0 Å². The largest absolute Gasteiger partial charge is 0.481 e. The van der Waals surface area contributed by atoms with Crippen molar-refractivity contribution < 1.29 is 19.5 Å². The van der Waals surface area contributed by atoms with Crippen LogP contribution in [0.4, 0.5) is 0 Å². The molecule has 1 atom stereocenters. The first-order valence-electron chi connectivity index (χ1n) is 7.00. The van der Waals surface area contributed by atoms with Crippen LogP contribution in [0.2, 0.25) is 0 Å². The summed E-state index contributed by atoms with van der Waals surface area (Å²) < 4.78 is 0. The van der Waals surface area contributed by atoms with Crippen molar-refractivity contribution in [2.24, 2.45) is 5.41 Å². The van der Waals surface area contributed by atoms with Gasteiger partial charge in [0.05, 0.1) is 6.42 Å². The van der Waals surface area contributed by atoms with Gasteiger partial charge in [-0.25, -0.2) is 0 Å². The van der Waals surface area contributed by atoms with E-state index in [2.05, 4.69) is 5.32 Å². The molecule has 6 heteroatoms. The number of carbonyl (C=O) groups excluding carboxylic acids is 2. The van der Waals surface area contributed by atoms with Crippen molar-refractivity contribution in [1.82, 2.24) is 10.2 Å². The molecule has 0 aromatic carbocycles. The van der Waals surface area contributed by atoms with Gasteiger partial charge in [-0.1, -0.05) is 13.8 Å². The quantitative estimate of drug-likeness (QED) is 0.788. The van der Waals surface area contributed by atoms with Crippen molar-refractivity contribution in [3.8, 4) is 0 Å². The van der Waals surface area contributed by atoms with E-state index in [9.17, 15) is 14.4 Å². The Morgan fingerprint density at radius 3 is 2.45 bits per heavy atom. The average Bonchev–Trinajstić information content (AvgIpc) is 2.35. The van der Waals surface area contributed by atoms with Gasteiger partial charge < -0.3 is 15.3 Å². The molecule has 0 saturated carbocycles. The normalized spacial score (nSPS) is 19.6. The Bertz CT molecular complexity index is 393. The third kappa shape index (κ3) is 4.51. The number of nitrogens with zero attached hydrogens (tertiary/aromatic N) is 1. The lowest BCUT2D eigenvalue weighted by Gasteiger charge is -2.36. The van der Waals surface area contributed by atoms with Gasteiger partial charge in [0.25, 0.3) is 0 Å². The van der Waals surface area contributed by atoms with Crippen LogP contribution in [0, 0.1) is 5.41 Å². The van der Waals surface area contributed by atoms with Gasteiger partial charge in [-0.05, 0) is 24.7 Å². The van der Waals surface area contributed by atoms with Gasteiger partial charge in [0.2, 0.25) is 11.8 Å². The van der Waals surface area contributed by atoms with E-state index in [-0.39, 0.29) is 24.7 Å². The molecule has 1 aliphatic rings. The van der Waals surface area contributed by atoms with Gasteiger partial charge >= 0.3 is 5.97 Å². The van der Waals surface area contributed by atoms with Crippen LogP contribution in [0.5, 0.6) is 0 Å². The average molecular weight is 284 g/mol. The van der Waals surface area contributed by atoms with Crippen LogP contribution >= 0.6 is 0 Å². The summed E-state index contributed by atoms with van der Waals surface area (Å²) in [5.41, 5.74) is -0.604. The summed E-state index contributed by atoms with van der Waals surface area (Å²) >= 11 is 0. The van der Waals surface area contributed by atoms with Gasteiger partial charge in [-0.15, -0.1) is 0 Å². The second kappa shape index (κ2) is 6.72. The molecule has 0 aromatic heterocycles. The van der Waals surface area contributed by atoms with E-state index in [1.165, 1.54) is 0 Å². The zero-order valence-corrected chi connectivity index (χ0v) is 12.4. The molecule has 0 bridgehead atoms. The molecule has 1 rings (SSSR count). The summed E-state index contributed by atoms with van der Waals surface area (Å²) in [7, 11) is 1.56. The molecule has 0 radical (unpaired) electrons. The van der Waals surface area contributed by atoms with E-state index in [1.54, 1.807) is 25.8 Å². The van der Waals surface area contributed by atoms with Crippen LogP contribution in [-0.2, 0) is 14.4 Å². The number of piperidine rings is 1. The molecule has 2 amide bonds. The Balaban J connectivity index is 2.73. The smallest absolute Gasteiger partial charge is 0.303 e. The predicted molar refractivity (Wildman–Crippen MR) is 74.1 cm³/mol. The van der Waals surface area contributed by atoms with Crippen LogP contribution in [-0.4, -0.2) is 47.4 Å². The number of carboxylic acids is 1. The Labute approximate surface area is 119 Å². The van der Waals surface area contributed by atoms with Crippen LogP contribution in [0.25, 0.3) is 0 Å². The van der Waals surface area contributed by atoms with Crippen LogP contribution in [0.15, 0.2) is 0 Å². The number of likely N-dealkylation sites (N-methyl/N-ethyl adjacent to an activating group) is 1. The minimum Gasteiger partial charge on any atom is -0.481 e. The third-order valence-electron chi connectivity index (χ3n) is 3.63. The number of aliphatic carboxylic acids is 1. The monoisotopic (exact) mass is 284 g/mol. The first kappa shape index (κ1) is 16.5. The summed E-state index contributed by atoms with van der Waals surface area (Å²) in [5, 5.41) is 11.4. The summed E-state index contributed by atoms with van der Waals surface area (Å²) in [6.45, 7) is 4.09. The number of likely N-dealkylation sites (tertiary alicyclic amines) is 1. The van der Waals surface area contributed by atoms with Crippen molar-refractivity contribution in [3.63, 3.8) is 0 Å². The molecule has 1 fully saturated rings. The predicted octanol–water partition coefficient (Wildman–Crippen LogP) is 1.00. The summed E-state index contributed by atoms with van der Waals surface area (Å²) in [4.78, 5) is 36.6. The van der Waals surface area contributed by atoms with E-state index in [1.807, 2.05) is 0 Å². The highest BCUT2D eigenvalue weighted by Gasteiger charge is 2.34. The lowest BCUT2D eigenvalue weighted by molar-refractivity contribution is -0.145. The lowest BCUT2D eigenvalue weighted by Crippen LogP contribution is -2.52. The first-order valence-corrected chi connectivity index (χ1v) is 7.00. The maximum absolute atomic E-state index is 12.4. The molecule has 0 aliphatic carbocycles. The highest BCUT2D eigenvalue weighted by molar-refractivity contribution is 5.88. The Morgan fingerprint density at radius 2 is 1.90 bits per heavy atom. The van der Waals surface area contributed by atoms with Gasteiger partial charge in [-0.2, -0.15) is 0 Å². The number of hydrogen-bond acceptors (Lipinski definition) is 3. The minimum atomic E-state index is -0.913. The summed E-state index contributed by atoms with van der Waals surface area (Å²) in [5.74, 6) is -1.19. The van der Waals surface area contributed by atoms with Crippen molar-refractivity contribution in [2.45, 2.75) is 52.0 Å². The maximum Gasteiger partial charge on any atom is 0.303 e. The SMILES string of the molecule is CNC(=O)[C@@H]1CCCCN1C(=O)CC(C)(C)CC(=O)O. The number of hydrogen-bond donors (Lipinski definition) is 2. The van der Waals surface area contributed by atoms with Crippen LogP contribution in [0.3, 0.4) is 0 Å². The van der Waals surface area contributed by atoms with Crippen LogP contribution < -0.4 is 5.32 Å². The summed E-state index contributed by atoms with van der Waals surface area (Å²) in [6.07, 6.45) is 2.58. The fraction of sp³-hybridized carbons (Fsp3) is 0.786. The van der Waals surface area contributed by atoms with Gasteiger partial charge in [0.15, 0.2) is 0 Å². The van der Waals surface area contributed by atoms with Gasteiger partial charge in [0, 0.05) is 20.0 Å². The zero-order valence-electron chi connectivity index (χ0n) is 12.4. The molecule has 1 saturated heterocycles. The zero-order chi connectivity index (χ0) is 15.3. The van der Waals surface area contributed by atoms with Crippen LogP contribution in [0.1, 0.15) is 46.0 Å². The Hall–Kier alpha value is -1.59. The Morgan fingerprint density at radius 1 is 1.25 bits per heavy atom. The van der Waals surface area contributed by atoms with Gasteiger partial charge in [-0.3, -0.25) is 14.4 Å². The molecule has 1 aliphatic heterocycles. The molecule has 20 heavy (non-hydrogen) atoms. The van der Waals surface area contributed by atoms with E-state index < -0.39 is 17.4 Å². The molecular formula is C14H24N2O4. The minimum absolute atomic E-state index is 0.0583. The molecule has 0 aromatic rings. The number of carbonyl (C=O) groups is 3. The van der Waals surface area contributed by atoms with Crippen molar-refractivity contribution >= 4 is 17.8 Å². The van der Waals surface area contributed by atoms with E-state index >= 15 is 0 Å². The maximum atomic E-state index is 12.4. The van der Waals surface area contributed by atoms with Crippen molar-refractivity contribution in [2.75, 3.05) is 13.6 Å². The topological polar surface area (TPSA) is 86.7 Å². The summed E-state index contributed by atoms with van der Waals surface area (Å²) in [6, 6.07) is -0.415. The van der Waals surface area contributed by atoms with E-state index in [4.69, 9.17) is 5.11 Å². The Kier molecular flexibility index (Phi) is 5.53. The molecule has 114 valence electrons. The number of nitrogens with one attached hydrogen (secondary N) is 1. The highest BCUT2D eigenvalue weighted by Crippen LogP contribution is 2.28. The molecule has 2 N–H and O–H groups in total. The van der Waals surface area contributed by atoms with Crippen molar-refractivity contribution in [1.29, 1.82) is 0 Å². The fourth-order valence-corrected chi connectivity index (χ4v) is 2.65. The number of amides is 2.